The number of amides is 1. The van der Waals surface area contributed by atoms with Crippen molar-refractivity contribution >= 4 is 15.9 Å². The summed E-state index contributed by atoms with van der Waals surface area (Å²) in [5.74, 6) is -0.117. The van der Waals surface area contributed by atoms with Crippen molar-refractivity contribution in [3.8, 4) is 0 Å². The van der Waals surface area contributed by atoms with E-state index in [2.05, 4.69) is 5.32 Å². The van der Waals surface area contributed by atoms with E-state index < -0.39 is 10.0 Å². The number of nitrogens with two attached hydrogens (primary N) is 1. The second-order valence-electron chi connectivity index (χ2n) is 5.14. The molecule has 0 aliphatic carbocycles. The molecule has 116 valence electrons. The predicted molar refractivity (Wildman–Crippen MR) is 79.9 cm³/mol. The lowest BCUT2D eigenvalue weighted by Crippen LogP contribution is -2.42. The van der Waals surface area contributed by atoms with Crippen molar-refractivity contribution in [2.45, 2.75) is 24.3 Å². The van der Waals surface area contributed by atoms with Gasteiger partial charge in [-0.3, -0.25) is 4.79 Å². The molecule has 1 aromatic rings. The molecule has 0 spiro atoms. The van der Waals surface area contributed by atoms with Gasteiger partial charge >= 0.3 is 0 Å². The molecule has 1 fully saturated rings. The average Bonchev–Trinajstić information content (AvgIpc) is 2.54. The molecule has 0 aromatic heterocycles. The Kier molecular flexibility index (Phi) is 4.97. The van der Waals surface area contributed by atoms with E-state index >= 15 is 0 Å². The molecule has 7 heteroatoms. The van der Waals surface area contributed by atoms with Gasteiger partial charge < -0.3 is 11.1 Å². The number of benzene rings is 1. The van der Waals surface area contributed by atoms with Crippen LogP contribution in [0.5, 0.6) is 0 Å². The summed E-state index contributed by atoms with van der Waals surface area (Å²) >= 11 is 0. The Labute approximate surface area is 125 Å². The van der Waals surface area contributed by atoms with Gasteiger partial charge in [-0.1, -0.05) is 12.1 Å². The van der Waals surface area contributed by atoms with Crippen LogP contribution in [0.4, 0.5) is 0 Å². The number of rotatable bonds is 4. The third-order valence-corrected chi connectivity index (χ3v) is 5.74. The number of nitrogens with zero attached hydrogens (tertiary/aromatic N) is 1. The first-order chi connectivity index (χ1) is 9.98. The van der Waals surface area contributed by atoms with Crippen molar-refractivity contribution in [1.82, 2.24) is 9.62 Å². The van der Waals surface area contributed by atoms with E-state index in [1.165, 1.54) is 4.31 Å². The topological polar surface area (TPSA) is 92.5 Å². The molecule has 1 amide bonds. The number of sulfonamides is 1. The van der Waals surface area contributed by atoms with Gasteiger partial charge in [0.15, 0.2) is 0 Å². The van der Waals surface area contributed by atoms with Gasteiger partial charge in [0.25, 0.3) is 0 Å². The lowest BCUT2D eigenvalue weighted by atomic mass is 9.97. The standard InChI is InChI=1S/C14H21N3O3S/c1-16-14(18)12-5-7-17(8-6-12)21(19,20)13-4-2-3-11(9-13)10-15/h2-4,9,12H,5-8,10,15H2,1H3,(H,16,18). The van der Waals surface area contributed by atoms with Crippen LogP contribution in [-0.2, 0) is 21.4 Å². The maximum atomic E-state index is 12.6. The van der Waals surface area contributed by atoms with Crippen molar-refractivity contribution in [1.29, 1.82) is 0 Å². The first kappa shape index (κ1) is 15.9. The number of hydrogen-bond acceptors (Lipinski definition) is 4. The highest BCUT2D eigenvalue weighted by atomic mass is 32.2. The van der Waals surface area contributed by atoms with Crippen LogP contribution in [0.3, 0.4) is 0 Å². The molecule has 1 aliphatic rings. The zero-order chi connectivity index (χ0) is 15.5. The highest BCUT2D eigenvalue weighted by Gasteiger charge is 2.31. The maximum absolute atomic E-state index is 12.6. The summed E-state index contributed by atoms with van der Waals surface area (Å²) in [6.45, 7) is 1.04. The summed E-state index contributed by atoms with van der Waals surface area (Å²) < 4.78 is 26.6. The minimum atomic E-state index is -3.50. The van der Waals surface area contributed by atoms with Crippen LogP contribution in [0, 0.1) is 5.92 Å². The fourth-order valence-electron chi connectivity index (χ4n) is 2.54. The Balaban J connectivity index is 2.12. The highest BCUT2D eigenvalue weighted by Crippen LogP contribution is 2.24. The molecule has 0 bridgehead atoms. The number of carbonyl (C=O) groups excluding carboxylic acids is 1. The molecule has 0 atom stereocenters. The Morgan fingerprint density at radius 2 is 2.05 bits per heavy atom. The highest BCUT2D eigenvalue weighted by molar-refractivity contribution is 7.89. The number of carbonyl (C=O) groups is 1. The Hall–Kier alpha value is -1.44. The zero-order valence-corrected chi connectivity index (χ0v) is 12.9. The normalized spacial score (nSPS) is 17.6. The summed E-state index contributed by atoms with van der Waals surface area (Å²) in [5.41, 5.74) is 6.34. The predicted octanol–water partition coefficient (Wildman–Crippen LogP) is 0.292. The van der Waals surface area contributed by atoms with Gasteiger partial charge in [0.05, 0.1) is 4.90 Å². The van der Waals surface area contributed by atoms with Crippen molar-refractivity contribution in [2.75, 3.05) is 20.1 Å². The monoisotopic (exact) mass is 311 g/mol. The van der Waals surface area contributed by atoms with Crippen LogP contribution < -0.4 is 11.1 Å². The van der Waals surface area contributed by atoms with Crippen molar-refractivity contribution < 1.29 is 13.2 Å². The third kappa shape index (κ3) is 3.42. The van der Waals surface area contributed by atoms with E-state index in [1.54, 1.807) is 31.3 Å². The Bertz CT molecular complexity index is 608. The molecule has 1 heterocycles. The van der Waals surface area contributed by atoms with Gasteiger partial charge in [0, 0.05) is 32.6 Å². The van der Waals surface area contributed by atoms with Gasteiger partial charge in [0.1, 0.15) is 0 Å². The maximum Gasteiger partial charge on any atom is 0.243 e. The van der Waals surface area contributed by atoms with Crippen LogP contribution in [0.2, 0.25) is 0 Å². The number of nitrogens with one attached hydrogen (secondary N) is 1. The molecule has 2 rings (SSSR count). The molecule has 1 aliphatic heterocycles. The van der Waals surface area contributed by atoms with Gasteiger partial charge in [-0.05, 0) is 30.5 Å². The van der Waals surface area contributed by atoms with Gasteiger partial charge in [-0.25, -0.2) is 8.42 Å². The molecule has 0 radical (unpaired) electrons. The van der Waals surface area contributed by atoms with Gasteiger partial charge in [0.2, 0.25) is 15.9 Å². The van der Waals surface area contributed by atoms with E-state index in [4.69, 9.17) is 5.73 Å². The zero-order valence-electron chi connectivity index (χ0n) is 12.1. The van der Waals surface area contributed by atoms with E-state index in [9.17, 15) is 13.2 Å². The minimum absolute atomic E-state index is 0.0165. The van der Waals surface area contributed by atoms with E-state index in [-0.39, 0.29) is 16.7 Å². The number of piperidine rings is 1. The van der Waals surface area contributed by atoms with Crippen molar-refractivity contribution in [3.63, 3.8) is 0 Å². The summed E-state index contributed by atoms with van der Waals surface area (Å²) in [6, 6.07) is 6.70. The third-order valence-electron chi connectivity index (χ3n) is 3.84. The molecule has 0 unspecified atom stereocenters. The Morgan fingerprint density at radius 3 is 2.62 bits per heavy atom. The minimum Gasteiger partial charge on any atom is -0.359 e. The smallest absolute Gasteiger partial charge is 0.243 e. The average molecular weight is 311 g/mol. The van der Waals surface area contributed by atoms with Crippen LogP contribution in [0.15, 0.2) is 29.2 Å². The first-order valence-corrected chi connectivity index (χ1v) is 8.44. The van der Waals surface area contributed by atoms with E-state index in [0.29, 0.717) is 32.5 Å². The van der Waals surface area contributed by atoms with Gasteiger partial charge in [-0.2, -0.15) is 4.31 Å². The van der Waals surface area contributed by atoms with E-state index in [0.717, 1.165) is 5.56 Å². The second-order valence-corrected chi connectivity index (χ2v) is 7.08. The molecular weight excluding hydrogens is 290 g/mol. The SMILES string of the molecule is CNC(=O)C1CCN(S(=O)(=O)c2cccc(CN)c2)CC1. The van der Waals surface area contributed by atoms with E-state index in [1.807, 2.05) is 0 Å². The molecule has 0 saturated carbocycles. The van der Waals surface area contributed by atoms with Crippen molar-refractivity contribution in [2.24, 2.45) is 11.7 Å². The molecular formula is C14H21N3O3S. The molecule has 1 saturated heterocycles. The van der Waals surface area contributed by atoms with Crippen LogP contribution in [-0.4, -0.2) is 38.8 Å². The molecule has 3 N–H and O–H groups in total. The fraction of sp³-hybridized carbons (Fsp3) is 0.500. The van der Waals surface area contributed by atoms with Crippen LogP contribution in [0.1, 0.15) is 18.4 Å². The first-order valence-electron chi connectivity index (χ1n) is 6.99. The van der Waals surface area contributed by atoms with Gasteiger partial charge in [-0.15, -0.1) is 0 Å². The fourth-order valence-corrected chi connectivity index (χ4v) is 4.08. The lowest BCUT2D eigenvalue weighted by Gasteiger charge is -2.30. The van der Waals surface area contributed by atoms with Crippen LogP contribution in [0.25, 0.3) is 0 Å². The second kappa shape index (κ2) is 6.55. The summed E-state index contributed by atoms with van der Waals surface area (Å²) in [5, 5.41) is 2.61. The molecule has 1 aromatic carbocycles. The summed E-state index contributed by atoms with van der Waals surface area (Å²) in [4.78, 5) is 11.9. The molecule has 21 heavy (non-hydrogen) atoms. The Morgan fingerprint density at radius 1 is 1.38 bits per heavy atom. The summed E-state index contributed by atoms with van der Waals surface area (Å²) in [6.07, 6.45) is 1.10. The number of hydrogen-bond donors (Lipinski definition) is 2. The lowest BCUT2D eigenvalue weighted by molar-refractivity contribution is -0.125. The summed E-state index contributed by atoms with van der Waals surface area (Å²) in [7, 11) is -1.90. The largest absolute Gasteiger partial charge is 0.359 e. The molecule has 6 nitrogen and oxygen atoms in total. The quantitative estimate of drug-likeness (QED) is 0.836. The van der Waals surface area contributed by atoms with Crippen LogP contribution >= 0.6 is 0 Å². The van der Waals surface area contributed by atoms with Crippen molar-refractivity contribution in [3.05, 3.63) is 29.8 Å².